The highest BCUT2D eigenvalue weighted by molar-refractivity contribution is 14.2. The first-order valence-corrected chi connectivity index (χ1v) is 10.2. The quantitative estimate of drug-likeness (QED) is 0.287. The number of alkyl halides is 3. The minimum Gasteiger partial charge on any atom is -0.265 e. The zero-order chi connectivity index (χ0) is 16.8. The summed E-state index contributed by atoms with van der Waals surface area (Å²) in [5, 5.41) is 0.641. The van der Waals surface area contributed by atoms with Crippen molar-refractivity contribution in [1.29, 1.82) is 0 Å². The molecule has 0 fully saturated rings. The summed E-state index contributed by atoms with van der Waals surface area (Å²) in [7, 11) is 1.33. The minimum absolute atomic E-state index is 0.159. The number of rotatable bonds is 2. The first-order chi connectivity index (χ1) is 10.8. The molecule has 1 aromatic carbocycles. The van der Waals surface area contributed by atoms with E-state index in [9.17, 15) is 17.6 Å². The molecule has 0 atom stereocenters. The number of hydrogen-bond donors (Lipinski definition) is 0. The Morgan fingerprint density at radius 1 is 1.17 bits per heavy atom. The first-order valence-electron chi connectivity index (χ1n) is 6.13. The fraction of sp³-hybridized carbons (Fsp3) is 0.0714. The highest BCUT2D eigenvalue weighted by Gasteiger charge is 2.31. The van der Waals surface area contributed by atoms with Gasteiger partial charge in [0.2, 0.25) is 0 Å². The number of nitrogens with zero attached hydrogens (tertiary/aromatic N) is 2. The van der Waals surface area contributed by atoms with E-state index in [4.69, 9.17) is 0 Å². The Morgan fingerprint density at radius 2 is 1.91 bits per heavy atom. The molecular weight excluding hydrogens is 511 g/mol. The third kappa shape index (κ3) is 3.36. The van der Waals surface area contributed by atoms with E-state index in [1.54, 1.807) is 22.4 Å². The molecule has 0 aliphatic heterocycles. The minimum atomic E-state index is -4.61. The van der Waals surface area contributed by atoms with E-state index in [2.05, 4.69) is 20.9 Å². The topological polar surface area (TPSA) is 17.8 Å². The summed E-state index contributed by atoms with van der Waals surface area (Å²) < 4.78 is 54.8. The Morgan fingerprint density at radius 3 is 2.57 bits per heavy atom. The molecule has 0 radical (unpaired) electrons. The molecule has 0 amide bonds. The molecule has 0 unspecified atom stereocenters. The molecule has 9 heteroatoms. The number of fused-ring (bicyclic) bond motifs is 1. The van der Waals surface area contributed by atoms with Crippen LogP contribution in [0.25, 0.3) is 22.2 Å². The molecule has 0 aliphatic carbocycles. The number of aromatic nitrogens is 2. The van der Waals surface area contributed by atoms with Gasteiger partial charge in [-0.3, -0.25) is 3.97 Å². The predicted octanol–water partition coefficient (Wildman–Crippen LogP) is 6.47. The monoisotopic (exact) mass is 516 g/mol. The number of pyridine rings is 1. The van der Waals surface area contributed by atoms with Gasteiger partial charge in [0.05, 0.1) is 5.56 Å². The third-order valence-corrected chi connectivity index (χ3v) is 5.32. The van der Waals surface area contributed by atoms with Gasteiger partial charge in [-0.1, -0.05) is 0 Å². The molecule has 0 saturated carbocycles. The van der Waals surface area contributed by atoms with Crippen LogP contribution < -0.4 is 0 Å². The summed E-state index contributed by atoms with van der Waals surface area (Å²) in [5.41, 5.74) is 0.230. The van der Waals surface area contributed by atoms with E-state index < -0.39 is 17.6 Å². The van der Waals surface area contributed by atoms with Gasteiger partial charge in [0.1, 0.15) is 5.82 Å². The van der Waals surface area contributed by atoms with Crippen molar-refractivity contribution in [2.24, 2.45) is 0 Å². The van der Waals surface area contributed by atoms with E-state index in [-0.39, 0.29) is 5.56 Å². The van der Waals surface area contributed by atoms with Crippen LogP contribution >= 0.6 is 46.3 Å². The van der Waals surface area contributed by atoms with Crippen LogP contribution in [0.1, 0.15) is 5.56 Å². The highest BCUT2D eigenvalue weighted by atomic mass is 127. The normalized spacial score (nSPS) is 12.1. The largest absolute Gasteiger partial charge is 0.416 e. The zero-order valence-corrected chi connectivity index (χ0v) is 15.6. The van der Waals surface area contributed by atoms with Crippen LogP contribution in [0, 0.1) is 5.82 Å². The Hall–Kier alpha value is -0.810. The van der Waals surface area contributed by atoms with E-state index in [1.807, 2.05) is 21.2 Å². The molecular formula is C14H6BrF4IN2S. The molecule has 120 valence electrons. The zero-order valence-electron chi connectivity index (χ0n) is 11.0. The summed E-state index contributed by atoms with van der Waals surface area (Å²) in [5.74, 6) is -0.930. The van der Waals surface area contributed by atoms with E-state index in [0.717, 1.165) is 12.1 Å². The van der Waals surface area contributed by atoms with Crippen LogP contribution in [0.2, 0.25) is 0 Å². The van der Waals surface area contributed by atoms with Gasteiger partial charge in [0.25, 0.3) is 0 Å². The lowest BCUT2D eigenvalue weighted by Crippen LogP contribution is -2.05. The number of halogens is 6. The number of benzene rings is 1. The van der Waals surface area contributed by atoms with Crippen LogP contribution in [0.4, 0.5) is 17.6 Å². The van der Waals surface area contributed by atoms with Gasteiger partial charge in [-0.25, -0.2) is 9.37 Å². The van der Waals surface area contributed by atoms with Crippen LogP contribution in [0.15, 0.2) is 41.1 Å². The average molecular weight is 517 g/mol. The summed E-state index contributed by atoms with van der Waals surface area (Å²) >= 11 is 5.34. The van der Waals surface area contributed by atoms with Crippen LogP contribution in [0.5, 0.6) is 0 Å². The maximum atomic E-state index is 13.7. The average Bonchev–Trinajstić information content (AvgIpc) is 2.83. The molecule has 2 heterocycles. The Bertz CT molecular complexity index is 894. The molecule has 3 aromatic rings. The van der Waals surface area contributed by atoms with Crippen LogP contribution in [-0.4, -0.2) is 8.96 Å². The maximum absolute atomic E-state index is 13.7. The highest BCUT2D eigenvalue weighted by Crippen LogP contribution is 2.38. The second-order valence-corrected chi connectivity index (χ2v) is 7.32. The maximum Gasteiger partial charge on any atom is 0.416 e. The lowest BCUT2D eigenvalue weighted by molar-refractivity contribution is -0.137. The molecule has 0 aliphatic rings. The fourth-order valence-electron chi connectivity index (χ4n) is 2.25. The van der Waals surface area contributed by atoms with E-state index in [1.165, 1.54) is 9.12 Å². The van der Waals surface area contributed by atoms with Crippen molar-refractivity contribution in [2.45, 2.75) is 6.18 Å². The van der Waals surface area contributed by atoms with Crippen molar-refractivity contribution in [1.82, 2.24) is 8.96 Å². The summed E-state index contributed by atoms with van der Waals surface area (Å²) in [6.07, 6.45) is -1.36. The van der Waals surface area contributed by atoms with Crippen molar-refractivity contribution >= 4 is 57.3 Å². The second-order valence-electron chi connectivity index (χ2n) is 4.69. The Kier molecular flexibility index (Phi) is 4.62. The van der Waals surface area contributed by atoms with Gasteiger partial charge < -0.3 is 0 Å². The second kappa shape index (κ2) is 6.25. The lowest BCUT2D eigenvalue weighted by atomic mass is 10.0. The van der Waals surface area contributed by atoms with Crippen molar-refractivity contribution < 1.29 is 17.6 Å². The van der Waals surface area contributed by atoms with Crippen molar-refractivity contribution in [3.63, 3.8) is 0 Å². The lowest BCUT2D eigenvalue weighted by Gasteiger charge is -2.09. The van der Waals surface area contributed by atoms with Gasteiger partial charge in [0.15, 0.2) is 5.65 Å². The summed E-state index contributed by atoms with van der Waals surface area (Å²) in [6.45, 7) is 0. The van der Waals surface area contributed by atoms with E-state index in [0.29, 0.717) is 27.1 Å². The molecule has 0 saturated heterocycles. The molecule has 0 bridgehead atoms. The first kappa shape index (κ1) is 17.0. The molecule has 2 nitrogen and oxygen atoms in total. The predicted molar refractivity (Wildman–Crippen MR) is 94.8 cm³/mol. The van der Waals surface area contributed by atoms with Gasteiger partial charge in [-0.15, -0.1) is 0 Å². The smallest absolute Gasteiger partial charge is 0.265 e. The third-order valence-electron chi connectivity index (χ3n) is 3.19. The molecule has 2 aromatic heterocycles. The van der Waals surface area contributed by atoms with Gasteiger partial charge in [-0.2, -0.15) is 13.2 Å². The van der Waals surface area contributed by atoms with Crippen molar-refractivity contribution in [3.8, 4) is 11.1 Å². The number of hydrogen-bond acceptors (Lipinski definition) is 2. The van der Waals surface area contributed by atoms with Crippen molar-refractivity contribution in [2.75, 3.05) is 0 Å². The SMILES string of the molecule is Fc1cc(-c2cn(SI)c3ncc(Br)cc23)cc(C(F)(F)F)c1. The van der Waals surface area contributed by atoms with Crippen molar-refractivity contribution in [3.05, 3.63) is 52.5 Å². The van der Waals surface area contributed by atoms with E-state index >= 15 is 0 Å². The molecule has 0 spiro atoms. The Balaban J connectivity index is 2.29. The summed E-state index contributed by atoms with van der Waals surface area (Å²) in [4.78, 5) is 4.27. The van der Waals surface area contributed by atoms with Crippen LogP contribution in [0.3, 0.4) is 0 Å². The van der Waals surface area contributed by atoms with Gasteiger partial charge in [-0.05, 0) is 45.8 Å². The van der Waals surface area contributed by atoms with Gasteiger partial charge >= 0.3 is 6.18 Å². The molecule has 0 N–H and O–H groups in total. The van der Waals surface area contributed by atoms with Crippen LogP contribution in [-0.2, 0) is 6.18 Å². The molecule has 23 heavy (non-hydrogen) atoms. The van der Waals surface area contributed by atoms with Gasteiger partial charge in [0, 0.05) is 58.1 Å². The Labute approximate surface area is 153 Å². The summed E-state index contributed by atoms with van der Waals surface area (Å²) in [6, 6.07) is 4.27. The molecule has 3 rings (SSSR count). The fourth-order valence-corrected chi connectivity index (χ4v) is 3.83. The standard InChI is InChI=1S/C14H6BrF4IN2S/c15-9-4-11-12(6-22(23-20)13(11)21-5-9)7-1-8(14(17,18)19)3-10(16)2-7/h1-6H.